The molecular weight excluding hydrogens is 530 g/mol. The maximum atomic E-state index is 14.6. The highest BCUT2D eigenvalue weighted by Crippen LogP contribution is 2.25. The van der Waals surface area contributed by atoms with Gasteiger partial charge in [0.2, 0.25) is 11.8 Å². The Morgan fingerprint density at radius 3 is 2.32 bits per heavy atom. The Balaban J connectivity index is 1.85. The largest absolute Gasteiger partial charge is 0.354 e. The molecule has 1 atom stereocenters. The number of carbonyl (C=O) groups is 2. The first-order valence-electron chi connectivity index (χ1n) is 12.1. The number of hydrogen-bond donors (Lipinski definition) is 1. The predicted molar refractivity (Wildman–Crippen MR) is 151 cm³/mol. The van der Waals surface area contributed by atoms with Gasteiger partial charge < -0.3 is 10.2 Å². The zero-order valence-corrected chi connectivity index (χ0v) is 23.3. The number of thioether (sulfide) groups is 1. The van der Waals surface area contributed by atoms with Gasteiger partial charge in [0.25, 0.3) is 0 Å². The smallest absolute Gasteiger partial charge is 0.243 e. The van der Waals surface area contributed by atoms with Crippen LogP contribution in [-0.4, -0.2) is 35.1 Å². The average molecular weight is 562 g/mol. The Morgan fingerprint density at radius 1 is 0.946 bits per heavy atom. The van der Waals surface area contributed by atoms with Crippen LogP contribution < -0.4 is 5.32 Å². The van der Waals surface area contributed by atoms with Gasteiger partial charge in [-0.15, -0.1) is 11.8 Å². The Kier molecular flexibility index (Phi) is 11.3. The lowest BCUT2D eigenvalue weighted by molar-refractivity contribution is -0.139. The summed E-state index contributed by atoms with van der Waals surface area (Å²) < 4.78 is 14.6. The van der Waals surface area contributed by atoms with E-state index in [9.17, 15) is 14.0 Å². The molecular formula is C29H31Cl2FN2O2S. The van der Waals surface area contributed by atoms with Crippen molar-refractivity contribution in [2.24, 2.45) is 5.92 Å². The number of benzene rings is 3. The van der Waals surface area contributed by atoms with E-state index in [-0.39, 0.29) is 30.0 Å². The van der Waals surface area contributed by atoms with Crippen LogP contribution in [0, 0.1) is 11.7 Å². The minimum Gasteiger partial charge on any atom is -0.354 e. The van der Waals surface area contributed by atoms with Crippen LogP contribution in [-0.2, 0) is 28.3 Å². The summed E-state index contributed by atoms with van der Waals surface area (Å²) in [5.41, 5.74) is 2.21. The lowest BCUT2D eigenvalue weighted by Crippen LogP contribution is -2.51. The van der Waals surface area contributed by atoms with E-state index in [0.717, 1.165) is 11.1 Å². The van der Waals surface area contributed by atoms with Crippen molar-refractivity contribution in [3.05, 3.63) is 105 Å². The van der Waals surface area contributed by atoms with Crippen LogP contribution in [0.2, 0.25) is 10.0 Å². The molecule has 0 fully saturated rings. The summed E-state index contributed by atoms with van der Waals surface area (Å²) in [4.78, 5) is 28.5. The summed E-state index contributed by atoms with van der Waals surface area (Å²) in [7, 11) is 0. The maximum Gasteiger partial charge on any atom is 0.243 e. The minimum absolute atomic E-state index is 0.00849. The average Bonchev–Trinajstić information content (AvgIpc) is 2.88. The van der Waals surface area contributed by atoms with Crippen LogP contribution in [0.4, 0.5) is 4.39 Å². The molecule has 0 heterocycles. The molecule has 0 aliphatic heterocycles. The van der Waals surface area contributed by atoms with Gasteiger partial charge in [-0.2, -0.15) is 0 Å². The van der Waals surface area contributed by atoms with Crippen molar-refractivity contribution in [3.63, 3.8) is 0 Å². The van der Waals surface area contributed by atoms with Crippen LogP contribution in [0.15, 0.2) is 72.8 Å². The number of nitrogens with zero attached hydrogens (tertiary/aromatic N) is 1. The van der Waals surface area contributed by atoms with E-state index in [1.807, 2.05) is 50.2 Å². The highest BCUT2D eigenvalue weighted by molar-refractivity contribution is 7.99. The molecule has 0 spiro atoms. The molecule has 0 saturated heterocycles. The van der Waals surface area contributed by atoms with Gasteiger partial charge >= 0.3 is 0 Å². The molecule has 0 aliphatic carbocycles. The third-order valence-electron chi connectivity index (χ3n) is 5.73. The summed E-state index contributed by atoms with van der Waals surface area (Å²) >= 11 is 13.5. The van der Waals surface area contributed by atoms with Crippen molar-refractivity contribution in [1.82, 2.24) is 10.2 Å². The van der Waals surface area contributed by atoms with E-state index in [0.29, 0.717) is 34.3 Å². The molecule has 0 radical (unpaired) electrons. The summed E-state index contributed by atoms with van der Waals surface area (Å²) in [6.45, 7) is 4.49. The number of amides is 2. The summed E-state index contributed by atoms with van der Waals surface area (Å²) in [5, 5.41) is 3.90. The zero-order valence-electron chi connectivity index (χ0n) is 20.9. The fraction of sp³-hybridized carbons (Fsp3) is 0.310. The van der Waals surface area contributed by atoms with Crippen molar-refractivity contribution >= 4 is 46.8 Å². The highest BCUT2D eigenvalue weighted by atomic mass is 35.5. The molecule has 2 amide bonds. The van der Waals surface area contributed by atoms with Gasteiger partial charge in [0, 0.05) is 30.8 Å². The number of halogens is 3. The molecule has 3 rings (SSSR count). The van der Waals surface area contributed by atoms with Gasteiger partial charge in [-0.3, -0.25) is 9.59 Å². The first-order valence-corrected chi connectivity index (χ1v) is 14.0. The van der Waals surface area contributed by atoms with Gasteiger partial charge in [-0.25, -0.2) is 4.39 Å². The third kappa shape index (κ3) is 9.06. The Bertz CT molecular complexity index is 1190. The second kappa shape index (κ2) is 14.4. The first kappa shape index (κ1) is 29.0. The summed E-state index contributed by atoms with van der Waals surface area (Å²) in [5.74, 6) is 0.00513. The molecule has 0 unspecified atom stereocenters. The second-order valence-electron chi connectivity index (χ2n) is 9.20. The molecule has 0 aliphatic rings. The fourth-order valence-electron chi connectivity index (χ4n) is 3.76. The van der Waals surface area contributed by atoms with Crippen LogP contribution in [0.25, 0.3) is 0 Å². The van der Waals surface area contributed by atoms with E-state index < -0.39 is 11.9 Å². The van der Waals surface area contributed by atoms with E-state index in [1.54, 1.807) is 30.3 Å². The lowest BCUT2D eigenvalue weighted by Gasteiger charge is -2.32. The second-order valence-corrected chi connectivity index (χ2v) is 11.0. The molecule has 37 heavy (non-hydrogen) atoms. The van der Waals surface area contributed by atoms with E-state index in [1.165, 1.54) is 22.7 Å². The van der Waals surface area contributed by atoms with E-state index >= 15 is 0 Å². The Morgan fingerprint density at radius 2 is 1.65 bits per heavy atom. The van der Waals surface area contributed by atoms with Gasteiger partial charge in [0.05, 0.1) is 15.8 Å². The molecule has 8 heteroatoms. The van der Waals surface area contributed by atoms with Gasteiger partial charge in [0.1, 0.15) is 11.9 Å². The number of hydrogen-bond acceptors (Lipinski definition) is 3. The topological polar surface area (TPSA) is 49.4 Å². The van der Waals surface area contributed by atoms with Crippen LogP contribution in [0.3, 0.4) is 0 Å². The molecule has 0 bridgehead atoms. The van der Waals surface area contributed by atoms with Crippen LogP contribution in [0.1, 0.15) is 30.5 Å². The van der Waals surface area contributed by atoms with Crippen LogP contribution >= 0.6 is 35.0 Å². The third-order valence-corrected chi connectivity index (χ3v) is 7.46. The molecule has 0 aromatic heterocycles. The van der Waals surface area contributed by atoms with Crippen molar-refractivity contribution in [2.45, 2.75) is 38.6 Å². The van der Waals surface area contributed by atoms with Crippen molar-refractivity contribution in [2.75, 3.05) is 12.3 Å². The predicted octanol–water partition coefficient (Wildman–Crippen LogP) is 6.78. The van der Waals surface area contributed by atoms with E-state index in [2.05, 4.69) is 5.32 Å². The quantitative estimate of drug-likeness (QED) is 0.265. The van der Waals surface area contributed by atoms with E-state index in [4.69, 9.17) is 23.2 Å². The van der Waals surface area contributed by atoms with Gasteiger partial charge in [-0.05, 0) is 35.2 Å². The van der Waals surface area contributed by atoms with Crippen molar-refractivity contribution < 1.29 is 14.0 Å². The maximum absolute atomic E-state index is 14.6. The summed E-state index contributed by atoms with van der Waals surface area (Å²) in [6, 6.07) is 20.5. The molecule has 4 nitrogen and oxygen atoms in total. The highest BCUT2D eigenvalue weighted by Gasteiger charge is 2.30. The van der Waals surface area contributed by atoms with Crippen molar-refractivity contribution in [1.29, 1.82) is 0 Å². The first-order chi connectivity index (χ1) is 17.7. The minimum atomic E-state index is -0.793. The molecule has 3 aromatic carbocycles. The molecule has 3 aromatic rings. The molecule has 1 N–H and O–H groups in total. The Hall–Kier alpha value is -2.54. The SMILES string of the molecule is CC(C)CNC(=O)[C@@H](Cc1ccccc1)N(Cc1ccccc1F)C(=O)CSCc1ccc(Cl)c(Cl)c1. The monoisotopic (exact) mass is 560 g/mol. The fourth-order valence-corrected chi connectivity index (χ4v) is 4.93. The van der Waals surface area contributed by atoms with Gasteiger partial charge in [-0.1, -0.05) is 91.6 Å². The van der Waals surface area contributed by atoms with Crippen LogP contribution in [0.5, 0.6) is 0 Å². The normalized spacial score (nSPS) is 11.8. The van der Waals surface area contributed by atoms with Gasteiger partial charge in [0.15, 0.2) is 0 Å². The summed E-state index contributed by atoms with van der Waals surface area (Å²) in [6.07, 6.45) is 0.322. The Labute approximate surface area is 232 Å². The standard InChI is InChI=1S/C29H31Cl2FN2O2S/c1-20(2)16-33-29(36)27(15-21-8-4-3-5-9-21)34(17-23-10-6-7-11-26(23)32)28(35)19-37-18-22-12-13-24(30)25(31)14-22/h3-14,20,27H,15-19H2,1-2H3,(H,33,36)/t27-/m1/s1. The molecule has 0 saturated carbocycles. The van der Waals surface area contributed by atoms with Crippen molar-refractivity contribution in [3.8, 4) is 0 Å². The number of rotatable bonds is 12. The number of carbonyl (C=O) groups excluding carboxylic acids is 2. The number of nitrogens with one attached hydrogen (secondary N) is 1. The lowest BCUT2D eigenvalue weighted by atomic mass is 10.0. The molecule has 196 valence electrons. The zero-order chi connectivity index (χ0) is 26.8.